The molecule has 0 radical (unpaired) electrons. The molecule has 0 aromatic carbocycles. The Hall–Kier alpha value is 0.968. The fourth-order valence-corrected chi connectivity index (χ4v) is 0. The zero-order valence-corrected chi connectivity index (χ0v) is 10.9. The molecule has 11 heavy (non-hydrogen) atoms. The number of halogens is 2. The van der Waals surface area contributed by atoms with Crippen LogP contribution in [0.1, 0.15) is 0 Å². The van der Waals surface area contributed by atoms with Gasteiger partial charge in [0.25, 0.3) is 10.2 Å². The molecule has 0 spiro atoms. The number of hydrogen-bond acceptors (Lipinski definition) is 2. The van der Waals surface area contributed by atoms with Crippen LogP contribution in [0.25, 0.3) is 0 Å². The maximum atomic E-state index is 4.88. The standard InChI is InChI=1S/2CH4N2S.2ClH.Pt/c2*2-1(3)4;;;/h2*(H4,2,3,4);2*1H;/q;;;;+2. The number of quaternary nitrogens is 2. The maximum absolute atomic E-state index is 4.88. The summed E-state index contributed by atoms with van der Waals surface area (Å²) in [5, 5.41) is 0.500. The van der Waals surface area contributed by atoms with E-state index in [0.29, 0.717) is 0 Å². The molecule has 0 saturated heterocycles. The van der Waals surface area contributed by atoms with Crippen molar-refractivity contribution in [3.63, 3.8) is 0 Å². The molecule has 0 atom stereocenters. The van der Waals surface area contributed by atoms with Crippen LogP contribution in [-0.2, 0) is 16.5 Å². The van der Waals surface area contributed by atoms with Crippen LogP contribution < -0.4 is 22.9 Å². The Morgan fingerprint density at radius 1 is 1.09 bits per heavy atom. The number of thiocarbonyl (C=S) groups is 2. The Bertz CT molecular complexity index is 92.3. The Kier molecular flexibility index (Phi) is 27.9. The van der Waals surface area contributed by atoms with Crippen molar-refractivity contribution in [1.82, 2.24) is 0 Å². The van der Waals surface area contributed by atoms with Crippen molar-refractivity contribution in [2.45, 2.75) is 0 Å². The fraction of sp³-hybridized carbons (Fsp3) is 0. The second-order valence-corrected chi connectivity index (χ2v) is 5.31. The van der Waals surface area contributed by atoms with Gasteiger partial charge in [-0.15, -0.1) is 0 Å². The molecule has 0 aliphatic carbocycles. The summed E-state index contributed by atoms with van der Waals surface area (Å²) >= 11 is 7.94. The van der Waals surface area contributed by atoms with Crippen molar-refractivity contribution in [3.05, 3.63) is 0 Å². The van der Waals surface area contributed by atoms with Crippen LogP contribution in [0.2, 0.25) is 0 Å². The van der Waals surface area contributed by atoms with E-state index in [0.717, 1.165) is 0 Å². The predicted molar refractivity (Wildman–Crippen MR) is 51.1 cm³/mol. The first-order valence-corrected chi connectivity index (χ1v) is 8.38. The van der Waals surface area contributed by atoms with Gasteiger partial charge in [-0.2, -0.15) is 0 Å². The Morgan fingerprint density at radius 2 is 1.09 bits per heavy atom. The van der Waals surface area contributed by atoms with Gasteiger partial charge in [0.05, 0.1) is 0 Å². The Morgan fingerprint density at radius 3 is 1.09 bits per heavy atom. The van der Waals surface area contributed by atoms with E-state index in [4.69, 9.17) is 30.3 Å². The first kappa shape index (κ1) is 17.9. The molecule has 10 N–H and O–H groups in total. The summed E-state index contributed by atoms with van der Waals surface area (Å²) in [6.07, 6.45) is 0. The summed E-state index contributed by atoms with van der Waals surface area (Å²) in [5.74, 6) is 0. The molecule has 0 fully saturated rings. The van der Waals surface area contributed by atoms with E-state index in [-0.39, 0.29) is 10.2 Å². The molecular formula is C2H10Cl2N4PtS2+2. The van der Waals surface area contributed by atoms with Crippen LogP contribution in [-0.4, -0.2) is 10.2 Å². The van der Waals surface area contributed by atoms with Crippen LogP contribution >= 0.6 is 43.3 Å². The second-order valence-electron chi connectivity index (χ2n) is 0.978. The first-order chi connectivity index (χ1) is 4.88. The molecule has 9 heteroatoms. The number of nitrogens with two attached hydrogens (primary N) is 2. The van der Waals surface area contributed by atoms with Crippen LogP contribution in [0, 0.1) is 0 Å². The molecule has 0 saturated carbocycles. The summed E-state index contributed by atoms with van der Waals surface area (Å²) < 4.78 is 0. The summed E-state index contributed by atoms with van der Waals surface area (Å²) in [4.78, 5) is 0. The van der Waals surface area contributed by atoms with Gasteiger partial charge in [0.1, 0.15) is 0 Å². The molecule has 0 heterocycles. The zero-order chi connectivity index (χ0) is 9.86. The number of hydrogen-bond donors (Lipinski definition) is 4. The van der Waals surface area contributed by atoms with E-state index in [2.05, 4.69) is 35.9 Å². The topological polar surface area (TPSA) is 107 Å². The minimum absolute atomic E-state index is 0.250. The molecule has 0 aromatic heterocycles. The van der Waals surface area contributed by atoms with Gasteiger partial charge in [0, 0.05) is 24.4 Å². The van der Waals surface area contributed by atoms with Crippen LogP contribution in [0.15, 0.2) is 0 Å². The summed E-state index contributed by atoms with van der Waals surface area (Å²) in [5.41, 5.74) is 15.8. The molecule has 0 aliphatic rings. The summed E-state index contributed by atoms with van der Waals surface area (Å²) in [6, 6.07) is 0. The van der Waals surface area contributed by atoms with Gasteiger partial charge in [-0.1, -0.05) is 0 Å². The van der Waals surface area contributed by atoms with Crippen molar-refractivity contribution in [2.75, 3.05) is 0 Å². The average molecular weight is 420 g/mol. The molecule has 0 aliphatic heterocycles. The van der Waals surface area contributed by atoms with Gasteiger partial charge in [0.15, 0.2) is 0 Å². The third kappa shape index (κ3) is 941. The van der Waals surface area contributed by atoms with E-state index in [1.807, 2.05) is 0 Å². The van der Waals surface area contributed by atoms with E-state index < -0.39 is 16.5 Å². The van der Waals surface area contributed by atoms with Gasteiger partial charge in [-0.3, -0.25) is 0 Å². The van der Waals surface area contributed by atoms with E-state index in [9.17, 15) is 0 Å². The van der Waals surface area contributed by atoms with Crippen molar-refractivity contribution in [1.29, 1.82) is 0 Å². The van der Waals surface area contributed by atoms with Crippen molar-refractivity contribution < 1.29 is 27.9 Å². The molecule has 0 amide bonds. The quantitative estimate of drug-likeness (QED) is 0.351. The normalized spacial score (nSPS) is 6.55. The van der Waals surface area contributed by atoms with Crippen molar-refractivity contribution in [2.24, 2.45) is 11.5 Å². The van der Waals surface area contributed by atoms with Crippen molar-refractivity contribution >= 4 is 53.5 Å². The monoisotopic (exact) mass is 419 g/mol. The van der Waals surface area contributed by atoms with E-state index in [1.165, 1.54) is 0 Å². The fourth-order valence-electron chi connectivity index (χ4n) is 0. The molecule has 72 valence electrons. The number of rotatable bonds is 0. The van der Waals surface area contributed by atoms with Gasteiger partial charge in [-0.25, -0.2) is 0 Å². The third-order valence-corrected chi connectivity index (χ3v) is 0. The SMILES string of the molecule is NC([NH3+])=S.NC([NH3+])=S.[Cl][Pt][Cl]. The summed E-state index contributed by atoms with van der Waals surface area (Å²) in [7, 11) is 9.75. The van der Waals surface area contributed by atoms with Crippen molar-refractivity contribution in [3.8, 4) is 0 Å². The van der Waals surface area contributed by atoms with Gasteiger partial charge in [0.2, 0.25) is 0 Å². The minimum atomic E-state index is -0.472. The third-order valence-electron chi connectivity index (χ3n) is 0. The molecule has 0 aromatic rings. The zero-order valence-electron chi connectivity index (χ0n) is 5.46. The summed E-state index contributed by atoms with van der Waals surface area (Å²) in [6.45, 7) is 0. The molecule has 4 nitrogen and oxygen atoms in total. The Balaban J connectivity index is -0.0000000886. The van der Waals surface area contributed by atoms with E-state index >= 15 is 0 Å². The average Bonchev–Trinajstić information content (AvgIpc) is 1.60. The van der Waals surface area contributed by atoms with Gasteiger partial charge in [-0.05, 0) is 0 Å². The molecule has 0 bridgehead atoms. The molecule has 0 rings (SSSR count). The molecule has 0 unspecified atom stereocenters. The van der Waals surface area contributed by atoms with Gasteiger partial charge >= 0.3 is 35.3 Å². The second kappa shape index (κ2) is 17.2. The molecular weight excluding hydrogens is 410 g/mol. The predicted octanol–water partition coefficient (Wildman–Crippen LogP) is -1.68. The van der Waals surface area contributed by atoms with Crippen LogP contribution in [0.3, 0.4) is 0 Å². The Labute approximate surface area is 92.3 Å². The van der Waals surface area contributed by atoms with Crippen LogP contribution in [0.5, 0.6) is 0 Å². The first-order valence-electron chi connectivity index (χ1n) is 1.93. The van der Waals surface area contributed by atoms with E-state index in [1.54, 1.807) is 0 Å². The van der Waals surface area contributed by atoms with Crippen LogP contribution in [0.4, 0.5) is 0 Å². The van der Waals surface area contributed by atoms with Gasteiger partial charge < -0.3 is 22.9 Å².